The summed E-state index contributed by atoms with van der Waals surface area (Å²) < 4.78 is 2.02. The zero-order chi connectivity index (χ0) is 20.8. The minimum absolute atomic E-state index is 0.0576. The molecule has 1 heterocycles. The lowest BCUT2D eigenvalue weighted by Crippen LogP contribution is -2.37. The highest BCUT2D eigenvalue weighted by Gasteiger charge is 2.19. The quantitative estimate of drug-likeness (QED) is 0.522. The highest BCUT2D eigenvalue weighted by molar-refractivity contribution is 7.99. The number of nitrogens with zero attached hydrogens (tertiary/aromatic N) is 3. The zero-order valence-corrected chi connectivity index (χ0v) is 18.3. The minimum atomic E-state index is 0.0576. The van der Waals surface area contributed by atoms with Gasteiger partial charge in [-0.3, -0.25) is 9.36 Å². The molecule has 1 N–H and O–H groups in total. The molecule has 0 saturated heterocycles. The third-order valence-corrected chi connectivity index (χ3v) is 6.47. The van der Waals surface area contributed by atoms with Gasteiger partial charge in [-0.05, 0) is 42.7 Å². The van der Waals surface area contributed by atoms with Crippen LogP contribution in [0.25, 0.3) is 5.69 Å². The van der Waals surface area contributed by atoms with Crippen molar-refractivity contribution in [3.63, 3.8) is 0 Å². The number of thioether (sulfide) groups is 1. The zero-order valence-electron chi connectivity index (χ0n) is 16.8. The number of carbonyl (C=O) groups excluding carboxylic acids is 1. The molecule has 1 fully saturated rings. The SMILES string of the molecule is O=C(CSc1nnc(Cc2ccccc2)n1-c1ccc(Cl)cc1)NC1CCCCC1. The molecule has 30 heavy (non-hydrogen) atoms. The van der Waals surface area contributed by atoms with Gasteiger partial charge in [0.1, 0.15) is 5.82 Å². The molecular weight excluding hydrogens is 416 g/mol. The van der Waals surface area contributed by atoms with Crippen LogP contribution in [0.4, 0.5) is 0 Å². The van der Waals surface area contributed by atoms with E-state index in [1.165, 1.54) is 31.0 Å². The highest BCUT2D eigenvalue weighted by atomic mass is 35.5. The predicted octanol–water partition coefficient (Wildman–Crippen LogP) is 5.05. The van der Waals surface area contributed by atoms with Gasteiger partial charge in [-0.25, -0.2) is 0 Å². The molecule has 1 aliphatic carbocycles. The van der Waals surface area contributed by atoms with Crippen molar-refractivity contribution < 1.29 is 4.79 Å². The van der Waals surface area contributed by atoms with Crippen LogP contribution >= 0.6 is 23.4 Å². The summed E-state index contributed by atoms with van der Waals surface area (Å²) in [5, 5.41) is 13.4. The van der Waals surface area contributed by atoms with Crippen molar-refractivity contribution in [3.05, 3.63) is 71.0 Å². The van der Waals surface area contributed by atoms with Gasteiger partial charge < -0.3 is 5.32 Å². The molecule has 1 aliphatic rings. The van der Waals surface area contributed by atoms with Crippen molar-refractivity contribution in [1.29, 1.82) is 0 Å². The van der Waals surface area contributed by atoms with Crippen LogP contribution in [0.15, 0.2) is 59.8 Å². The summed E-state index contributed by atoms with van der Waals surface area (Å²) >= 11 is 7.50. The smallest absolute Gasteiger partial charge is 0.230 e. The fourth-order valence-electron chi connectivity index (χ4n) is 3.78. The predicted molar refractivity (Wildman–Crippen MR) is 121 cm³/mol. The standard InChI is InChI=1S/C23H25ClN4OS/c24-18-11-13-20(14-12-18)28-21(15-17-7-3-1-4-8-17)26-27-23(28)30-16-22(29)25-19-9-5-2-6-10-19/h1,3-4,7-8,11-14,19H,2,5-6,9-10,15-16H2,(H,25,29). The molecule has 0 unspecified atom stereocenters. The van der Waals surface area contributed by atoms with Crippen molar-refractivity contribution in [2.75, 3.05) is 5.75 Å². The van der Waals surface area contributed by atoms with Crippen molar-refractivity contribution in [2.45, 2.75) is 49.7 Å². The molecule has 5 nitrogen and oxygen atoms in total. The maximum Gasteiger partial charge on any atom is 0.230 e. The highest BCUT2D eigenvalue weighted by Crippen LogP contribution is 2.25. The van der Waals surface area contributed by atoms with Gasteiger partial charge in [0.15, 0.2) is 5.16 Å². The molecule has 1 aromatic heterocycles. The number of amides is 1. The molecule has 1 amide bonds. The lowest BCUT2D eigenvalue weighted by Gasteiger charge is -2.22. The number of hydrogen-bond acceptors (Lipinski definition) is 4. The van der Waals surface area contributed by atoms with Crippen LogP contribution in [0.1, 0.15) is 43.5 Å². The fraction of sp³-hybridized carbons (Fsp3) is 0.348. The van der Waals surface area contributed by atoms with E-state index in [1.54, 1.807) is 0 Å². The van der Waals surface area contributed by atoms with Crippen LogP contribution in [0.2, 0.25) is 5.02 Å². The van der Waals surface area contributed by atoms with Gasteiger partial charge in [0.2, 0.25) is 5.91 Å². The Bertz CT molecular complexity index is 969. The van der Waals surface area contributed by atoms with Crippen molar-refractivity contribution in [3.8, 4) is 5.69 Å². The maximum absolute atomic E-state index is 12.5. The van der Waals surface area contributed by atoms with Gasteiger partial charge in [0, 0.05) is 23.2 Å². The molecule has 0 radical (unpaired) electrons. The third-order valence-electron chi connectivity index (χ3n) is 5.29. The number of nitrogens with one attached hydrogen (secondary N) is 1. The van der Waals surface area contributed by atoms with E-state index in [1.807, 2.05) is 47.0 Å². The van der Waals surface area contributed by atoms with Crippen LogP contribution in [-0.2, 0) is 11.2 Å². The Morgan fingerprint density at radius 2 is 1.77 bits per heavy atom. The lowest BCUT2D eigenvalue weighted by atomic mass is 9.95. The molecule has 2 aromatic carbocycles. The number of hydrogen-bond donors (Lipinski definition) is 1. The molecule has 156 valence electrons. The second kappa shape index (κ2) is 10.1. The van der Waals surface area contributed by atoms with E-state index in [9.17, 15) is 4.79 Å². The van der Waals surface area contributed by atoms with E-state index in [0.717, 1.165) is 29.9 Å². The summed E-state index contributed by atoms with van der Waals surface area (Å²) in [6.07, 6.45) is 6.50. The summed E-state index contributed by atoms with van der Waals surface area (Å²) in [6.45, 7) is 0. The van der Waals surface area contributed by atoms with Gasteiger partial charge in [0.25, 0.3) is 0 Å². The first-order valence-corrected chi connectivity index (χ1v) is 11.7. The molecule has 0 bridgehead atoms. The van der Waals surface area contributed by atoms with Crippen LogP contribution in [0, 0.1) is 0 Å². The summed E-state index contributed by atoms with van der Waals surface area (Å²) in [7, 11) is 0. The largest absolute Gasteiger partial charge is 0.353 e. The van der Waals surface area contributed by atoms with E-state index in [0.29, 0.717) is 28.4 Å². The Hall–Kier alpha value is -2.31. The van der Waals surface area contributed by atoms with Crippen molar-refractivity contribution >= 4 is 29.3 Å². The number of benzene rings is 2. The average Bonchev–Trinajstić information content (AvgIpc) is 3.16. The minimum Gasteiger partial charge on any atom is -0.353 e. The first kappa shape index (κ1) is 20.9. The Kier molecular flexibility index (Phi) is 7.07. The summed E-state index contributed by atoms with van der Waals surface area (Å²) in [4.78, 5) is 12.5. The average molecular weight is 441 g/mol. The first-order valence-electron chi connectivity index (χ1n) is 10.4. The normalized spacial score (nSPS) is 14.6. The Labute approximate surface area is 186 Å². The van der Waals surface area contributed by atoms with Gasteiger partial charge in [-0.1, -0.05) is 73.0 Å². The lowest BCUT2D eigenvalue weighted by molar-refractivity contribution is -0.119. The number of rotatable bonds is 7. The molecule has 0 aliphatic heterocycles. The summed E-state index contributed by atoms with van der Waals surface area (Å²) in [5.41, 5.74) is 2.09. The molecule has 7 heteroatoms. The first-order chi connectivity index (χ1) is 14.7. The molecule has 1 saturated carbocycles. The Morgan fingerprint density at radius 1 is 1.03 bits per heavy atom. The van der Waals surface area contributed by atoms with Gasteiger partial charge in [-0.2, -0.15) is 0 Å². The molecule has 4 rings (SSSR count). The van der Waals surface area contributed by atoms with Crippen LogP contribution in [0.3, 0.4) is 0 Å². The van der Waals surface area contributed by atoms with Crippen LogP contribution in [0.5, 0.6) is 0 Å². The monoisotopic (exact) mass is 440 g/mol. The Balaban J connectivity index is 1.51. The number of aromatic nitrogens is 3. The summed E-state index contributed by atoms with van der Waals surface area (Å²) in [5.74, 6) is 1.22. The van der Waals surface area contributed by atoms with Gasteiger partial charge >= 0.3 is 0 Å². The van der Waals surface area contributed by atoms with E-state index in [4.69, 9.17) is 11.6 Å². The van der Waals surface area contributed by atoms with Crippen LogP contribution in [-0.4, -0.2) is 32.5 Å². The fourth-order valence-corrected chi connectivity index (χ4v) is 4.69. The number of carbonyl (C=O) groups is 1. The van der Waals surface area contributed by atoms with Crippen molar-refractivity contribution in [2.24, 2.45) is 0 Å². The molecule has 0 spiro atoms. The van der Waals surface area contributed by atoms with E-state index >= 15 is 0 Å². The molecule has 3 aromatic rings. The molecule has 0 atom stereocenters. The summed E-state index contributed by atoms with van der Waals surface area (Å²) in [6, 6.07) is 18.1. The molecular formula is C23H25ClN4OS. The van der Waals surface area contributed by atoms with Crippen LogP contribution < -0.4 is 5.32 Å². The van der Waals surface area contributed by atoms with Crippen molar-refractivity contribution in [1.82, 2.24) is 20.1 Å². The van der Waals surface area contributed by atoms with E-state index in [-0.39, 0.29) is 5.91 Å². The van der Waals surface area contributed by atoms with Gasteiger partial charge in [0.05, 0.1) is 5.75 Å². The maximum atomic E-state index is 12.5. The second-order valence-electron chi connectivity index (χ2n) is 7.56. The van der Waals surface area contributed by atoms with E-state index < -0.39 is 0 Å². The van der Waals surface area contributed by atoms with Gasteiger partial charge in [-0.15, -0.1) is 10.2 Å². The third kappa shape index (κ3) is 5.43. The van der Waals surface area contributed by atoms with E-state index in [2.05, 4.69) is 27.6 Å². The number of halogens is 1. The second-order valence-corrected chi connectivity index (χ2v) is 8.94. The topological polar surface area (TPSA) is 59.8 Å². The Morgan fingerprint density at radius 3 is 2.50 bits per heavy atom.